The maximum Gasteiger partial charge on any atom is 0.229 e. The third-order valence-electron chi connectivity index (χ3n) is 3.90. The van der Waals surface area contributed by atoms with Gasteiger partial charge >= 0.3 is 0 Å². The van der Waals surface area contributed by atoms with Gasteiger partial charge in [-0.3, -0.25) is 4.79 Å². The SMILES string of the molecule is O=C(Cc1noc2ccccc12)N1CC(Oc2ccccn2)C1. The summed E-state index contributed by atoms with van der Waals surface area (Å²) in [5.41, 5.74) is 1.38. The predicted octanol–water partition coefficient (Wildman–Crippen LogP) is 2.06. The van der Waals surface area contributed by atoms with Gasteiger partial charge in [-0.1, -0.05) is 23.4 Å². The first kappa shape index (κ1) is 13.8. The van der Waals surface area contributed by atoms with Gasteiger partial charge in [0.2, 0.25) is 11.8 Å². The highest BCUT2D eigenvalue weighted by Gasteiger charge is 2.33. The number of carbonyl (C=O) groups is 1. The van der Waals surface area contributed by atoms with Crippen LogP contribution in [0.15, 0.2) is 53.2 Å². The number of carbonyl (C=O) groups excluding carboxylic acids is 1. The van der Waals surface area contributed by atoms with Crippen molar-refractivity contribution in [3.8, 4) is 5.88 Å². The number of pyridine rings is 1. The van der Waals surface area contributed by atoms with Crippen LogP contribution in [-0.2, 0) is 11.2 Å². The monoisotopic (exact) mass is 309 g/mol. The number of fused-ring (bicyclic) bond motifs is 1. The van der Waals surface area contributed by atoms with Gasteiger partial charge < -0.3 is 14.2 Å². The number of ether oxygens (including phenoxy) is 1. The van der Waals surface area contributed by atoms with Gasteiger partial charge in [0.25, 0.3) is 0 Å². The Morgan fingerprint density at radius 1 is 1.22 bits per heavy atom. The van der Waals surface area contributed by atoms with Gasteiger partial charge in [0, 0.05) is 17.6 Å². The second kappa shape index (κ2) is 5.72. The third kappa shape index (κ3) is 2.75. The summed E-state index contributed by atoms with van der Waals surface area (Å²) in [5.74, 6) is 0.622. The molecule has 0 N–H and O–H groups in total. The van der Waals surface area contributed by atoms with Crippen molar-refractivity contribution in [2.75, 3.05) is 13.1 Å². The van der Waals surface area contributed by atoms with Crippen molar-refractivity contribution in [1.82, 2.24) is 15.0 Å². The minimum atomic E-state index is 0.00269. The maximum atomic E-state index is 12.3. The molecule has 2 aromatic heterocycles. The minimum Gasteiger partial charge on any atom is -0.471 e. The standard InChI is InChI=1S/C17H15N3O3/c21-17(9-14-13-5-1-2-6-15(13)23-19-14)20-10-12(11-20)22-16-7-3-4-8-18-16/h1-8,12H,9-11H2. The molecular formula is C17H15N3O3. The van der Waals surface area contributed by atoms with Gasteiger partial charge in [-0.05, 0) is 18.2 Å². The van der Waals surface area contributed by atoms with E-state index in [0.717, 1.165) is 5.39 Å². The van der Waals surface area contributed by atoms with Crippen LogP contribution in [0.1, 0.15) is 5.69 Å². The summed E-state index contributed by atoms with van der Waals surface area (Å²) < 4.78 is 10.9. The van der Waals surface area contributed by atoms with Crippen molar-refractivity contribution in [2.24, 2.45) is 0 Å². The summed E-state index contributed by atoms with van der Waals surface area (Å²) in [5, 5.41) is 4.89. The summed E-state index contributed by atoms with van der Waals surface area (Å²) in [6.07, 6.45) is 1.93. The molecule has 1 fully saturated rings. The summed E-state index contributed by atoms with van der Waals surface area (Å²) in [7, 11) is 0. The molecule has 1 amide bonds. The Labute approximate surface area is 132 Å². The van der Waals surface area contributed by atoms with Crippen molar-refractivity contribution < 1.29 is 14.1 Å². The van der Waals surface area contributed by atoms with E-state index in [4.69, 9.17) is 9.26 Å². The van der Waals surface area contributed by atoms with Crippen LogP contribution < -0.4 is 4.74 Å². The lowest BCUT2D eigenvalue weighted by molar-refractivity contribution is -0.139. The van der Waals surface area contributed by atoms with Crippen molar-refractivity contribution in [1.29, 1.82) is 0 Å². The first-order chi connectivity index (χ1) is 11.3. The van der Waals surface area contributed by atoms with Crippen molar-refractivity contribution in [2.45, 2.75) is 12.5 Å². The van der Waals surface area contributed by atoms with Crippen molar-refractivity contribution in [3.63, 3.8) is 0 Å². The lowest BCUT2D eigenvalue weighted by Gasteiger charge is -2.38. The maximum absolute atomic E-state index is 12.3. The molecule has 0 aliphatic carbocycles. The van der Waals surface area contributed by atoms with E-state index in [1.54, 1.807) is 11.1 Å². The summed E-state index contributed by atoms with van der Waals surface area (Å²) in [6, 6.07) is 13.1. The third-order valence-corrected chi connectivity index (χ3v) is 3.90. The largest absolute Gasteiger partial charge is 0.471 e. The first-order valence-corrected chi connectivity index (χ1v) is 7.48. The van der Waals surface area contributed by atoms with E-state index in [0.29, 0.717) is 30.2 Å². The van der Waals surface area contributed by atoms with Gasteiger partial charge in [0.05, 0.1) is 19.5 Å². The second-order valence-corrected chi connectivity index (χ2v) is 5.51. The van der Waals surface area contributed by atoms with Crippen molar-refractivity contribution in [3.05, 3.63) is 54.4 Å². The highest BCUT2D eigenvalue weighted by atomic mass is 16.5. The average molecular weight is 309 g/mol. The number of rotatable bonds is 4. The number of para-hydroxylation sites is 1. The molecule has 0 unspecified atom stereocenters. The number of nitrogens with zero attached hydrogens (tertiary/aromatic N) is 3. The van der Waals surface area contributed by atoms with Crippen LogP contribution in [0.25, 0.3) is 11.0 Å². The molecule has 1 aliphatic rings. The topological polar surface area (TPSA) is 68.5 Å². The van der Waals surface area contributed by atoms with Crippen LogP contribution in [-0.4, -0.2) is 40.1 Å². The Kier molecular flexibility index (Phi) is 3.42. The van der Waals surface area contributed by atoms with E-state index in [1.165, 1.54) is 0 Å². The smallest absolute Gasteiger partial charge is 0.229 e. The zero-order valence-electron chi connectivity index (χ0n) is 12.4. The first-order valence-electron chi connectivity index (χ1n) is 7.48. The van der Waals surface area contributed by atoms with Crippen LogP contribution >= 0.6 is 0 Å². The molecule has 6 nitrogen and oxygen atoms in total. The zero-order chi connectivity index (χ0) is 15.6. The fourth-order valence-corrected chi connectivity index (χ4v) is 2.62. The number of aromatic nitrogens is 2. The second-order valence-electron chi connectivity index (χ2n) is 5.51. The lowest BCUT2D eigenvalue weighted by Crippen LogP contribution is -2.56. The highest BCUT2D eigenvalue weighted by Crippen LogP contribution is 2.21. The average Bonchev–Trinajstić information content (AvgIpc) is 2.94. The molecule has 1 aromatic carbocycles. The van der Waals surface area contributed by atoms with Crippen LogP contribution in [0.4, 0.5) is 0 Å². The molecule has 3 aromatic rings. The van der Waals surface area contributed by atoms with E-state index in [9.17, 15) is 4.79 Å². The van der Waals surface area contributed by atoms with Gasteiger partial charge in [0.1, 0.15) is 11.8 Å². The summed E-state index contributed by atoms with van der Waals surface area (Å²) >= 11 is 0. The van der Waals surface area contributed by atoms with Crippen LogP contribution in [0.5, 0.6) is 5.88 Å². The van der Waals surface area contributed by atoms with E-state index in [1.807, 2.05) is 42.5 Å². The Hall–Kier alpha value is -2.89. The molecule has 1 saturated heterocycles. The van der Waals surface area contributed by atoms with E-state index < -0.39 is 0 Å². The lowest BCUT2D eigenvalue weighted by atomic mass is 10.1. The van der Waals surface area contributed by atoms with Gasteiger partial charge in [-0.15, -0.1) is 0 Å². The Morgan fingerprint density at radius 3 is 2.87 bits per heavy atom. The number of hydrogen-bond acceptors (Lipinski definition) is 5. The molecule has 0 bridgehead atoms. The molecule has 116 valence electrons. The number of amides is 1. The molecule has 3 heterocycles. The van der Waals surface area contributed by atoms with E-state index >= 15 is 0 Å². The predicted molar refractivity (Wildman–Crippen MR) is 82.9 cm³/mol. The van der Waals surface area contributed by atoms with Crippen LogP contribution in [0.2, 0.25) is 0 Å². The quantitative estimate of drug-likeness (QED) is 0.738. The van der Waals surface area contributed by atoms with E-state index in [-0.39, 0.29) is 18.4 Å². The fraction of sp³-hybridized carbons (Fsp3) is 0.235. The Bertz CT molecular complexity index is 825. The molecule has 23 heavy (non-hydrogen) atoms. The molecule has 0 spiro atoms. The molecule has 1 aliphatic heterocycles. The number of hydrogen-bond donors (Lipinski definition) is 0. The normalized spacial score (nSPS) is 14.7. The molecule has 0 radical (unpaired) electrons. The van der Waals surface area contributed by atoms with Gasteiger partial charge in [0.15, 0.2) is 5.58 Å². The zero-order valence-corrected chi connectivity index (χ0v) is 12.4. The molecule has 6 heteroatoms. The Morgan fingerprint density at radius 2 is 2.04 bits per heavy atom. The number of benzene rings is 1. The minimum absolute atomic E-state index is 0.00269. The Balaban J connectivity index is 1.35. The molecule has 4 rings (SSSR count). The highest BCUT2D eigenvalue weighted by molar-refractivity contribution is 5.86. The summed E-state index contributed by atoms with van der Waals surface area (Å²) in [6.45, 7) is 1.15. The molecule has 0 atom stereocenters. The fourth-order valence-electron chi connectivity index (χ4n) is 2.62. The van der Waals surface area contributed by atoms with Crippen molar-refractivity contribution >= 4 is 16.9 Å². The summed E-state index contributed by atoms with van der Waals surface area (Å²) in [4.78, 5) is 18.2. The van der Waals surface area contributed by atoms with Crippen LogP contribution in [0, 0.1) is 0 Å². The molecule has 0 saturated carbocycles. The molecular weight excluding hydrogens is 294 g/mol. The van der Waals surface area contributed by atoms with E-state index in [2.05, 4.69) is 10.1 Å². The number of likely N-dealkylation sites (tertiary alicyclic amines) is 1. The van der Waals surface area contributed by atoms with Gasteiger partial charge in [-0.25, -0.2) is 4.98 Å². The van der Waals surface area contributed by atoms with Gasteiger partial charge in [-0.2, -0.15) is 0 Å². The van der Waals surface area contributed by atoms with Crippen LogP contribution in [0.3, 0.4) is 0 Å².